The van der Waals surface area contributed by atoms with Gasteiger partial charge in [-0.1, -0.05) is 0 Å². The normalized spacial score (nSPS) is 9.00. The summed E-state index contributed by atoms with van der Waals surface area (Å²) in [7, 11) is 0. The van der Waals surface area contributed by atoms with Crippen molar-refractivity contribution in [1.82, 2.24) is 0 Å². The molecule has 4 nitrogen and oxygen atoms in total. The molecule has 0 aromatic heterocycles. The monoisotopic (exact) mass is 178 g/mol. The Labute approximate surface area is 106 Å². The average molecular weight is 178 g/mol. The third-order valence-corrected chi connectivity index (χ3v) is 0.440. The van der Waals surface area contributed by atoms with Crippen LogP contribution in [0.25, 0.3) is 0 Å². The fourth-order valence-corrected chi connectivity index (χ4v) is 0.162. The van der Waals surface area contributed by atoms with Crippen LogP contribution in [0.2, 0.25) is 0 Å². The minimum absolute atomic E-state index is 0. The summed E-state index contributed by atoms with van der Waals surface area (Å²) < 4.78 is 11.6. The van der Waals surface area contributed by atoms with E-state index in [1.165, 1.54) is 0 Å². The fraction of sp³-hybridized carbons (Fsp3) is 0. The largest absolute Gasteiger partial charge is 1.00 e. The van der Waals surface area contributed by atoms with Crippen LogP contribution in [0.15, 0.2) is 11.9 Å². The first-order valence-corrected chi connectivity index (χ1v) is 1.83. The van der Waals surface area contributed by atoms with Gasteiger partial charge in [-0.2, -0.15) is 0 Å². The van der Waals surface area contributed by atoms with Crippen molar-refractivity contribution < 1.29 is 83.3 Å². The van der Waals surface area contributed by atoms with Crippen LogP contribution in [-0.2, 0) is 9.59 Å². The van der Waals surface area contributed by atoms with Crippen molar-refractivity contribution in [2.75, 3.05) is 0 Å². The van der Waals surface area contributed by atoms with E-state index in [1.807, 2.05) is 0 Å². The Bertz CT molecular complexity index is 179. The summed E-state index contributed by atoms with van der Waals surface area (Å²) in [6, 6.07) is 0. The van der Waals surface area contributed by atoms with Crippen LogP contribution in [0, 0.1) is 0 Å². The van der Waals surface area contributed by atoms with Crippen molar-refractivity contribution in [2.45, 2.75) is 0 Å². The molecule has 0 aromatic rings. The molecule has 0 atom stereocenters. The molecule has 0 fully saturated rings. The van der Waals surface area contributed by atoms with Gasteiger partial charge in [0, 0.05) is 0 Å². The van der Waals surface area contributed by atoms with Gasteiger partial charge in [-0.3, -0.25) is 0 Å². The molecule has 0 saturated heterocycles. The second-order valence-electron chi connectivity index (χ2n) is 1.10. The molecule has 7 heteroatoms. The first-order valence-electron chi connectivity index (χ1n) is 1.83. The summed E-state index contributed by atoms with van der Waals surface area (Å²) >= 11 is 0. The van der Waals surface area contributed by atoms with Gasteiger partial charge in [0.05, 0.1) is 5.97 Å². The molecular formula is C4HFNa2O4. The van der Waals surface area contributed by atoms with Crippen molar-refractivity contribution in [1.29, 1.82) is 0 Å². The topological polar surface area (TPSA) is 80.3 Å². The molecule has 0 amide bonds. The van der Waals surface area contributed by atoms with E-state index < -0.39 is 17.8 Å². The first-order chi connectivity index (χ1) is 4.04. The zero-order valence-electron chi connectivity index (χ0n) is 6.09. The molecule has 50 valence electrons. The summed E-state index contributed by atoms with van der Waals surface area (Å²) in [5.74, 6) is -5.93. The summed E-state index contributed by atoms with van der Waals surface area (Å²) in [6.45, 7) is 0. The molecule has 0 bridgehead atoms. The second-order valence-corrected chi connectivity index (χ2v) is 1.10. The minimum Gasteiger partial charge on any atom is -0.545 e. The second kappa shape index (κ2) is 8.70. The SMILES string of the molecule is O=C([O-])/C=C(/F)C(=O)[O-].[Na+].[Na+]. The van der Waals surface area contributed by atoms with E-state index in [9.17, 15) is 24.2 Å². The van der Waals surface area contributed by atoms with Crippen LogP contribution >= 0.6 is 0 Å². The number of rotatable bonds is 2. The molecule has 0 rings (SSSR count). The summed E-state index contributed by atoms with van der Waals surface area (Å²) in [4.78, 5) is 18.8. The van der Waals surface area contributed by atoms with Crippen LogP contribution in [0.3, 0.4) is 0 Å². The van der Waals surface area contributed by atoms with E-state index in [-0.39, 0.29) is 65.2 Å². The molecule has 0 unspecified atom stereocenters. The van der Waals surface area contributed by atoms with Crippen LogP contribution in [0.4, 0.5) is 4.39 Å². The fourth-order valence-electron chi connectivity index (χ4n) is 0.162. The summed E-state index contributed by atoms with van der Waals surface area (Å²) in [5.41, 5.74) is 0. The Morgan fingerprint density at radius 1 is 1.18 bits per heavy atom. The third-order valence-electron chi connectivity index (χ3n) is 0.440. The molecule has 0 saturated carbocycles. The van der Waals surface area contributed by atoms with Crippen molar-refractivity contribution >= 4 is 11.9 Å². The van der Waals surface area contributed by atoms with Crippen molar-refractivity contribution in [3.05, 3.63) is 11.9 Å². The Balaban J connectivity index is -0.000000320. The molecule has 0 aliphatic heterocycles. The molecule has 0 aliphatic rings. The molecule has 0 radical (unpaired) electrons. The zero-order valence-corrected chi connectivity index (χ0v) is 10.1. The molecule has 0 spiro atoms. The molecule has 0 aromatic carbocycles. The van der Waals surface area contributed by atoms with Gasteiger partial charge in [-0.05, 0) is 6.08 Å². The van der Waals surface area contributed by atoms with E-state index in [0.717, 1.165) is 0 Å². The standard InChI is InChI=1S/C4H3FO4.2Na/c5-2(4(8)9)1-3(6)7;;/h1H,(H,6,7)(H,8,9);;/q;2*+1/p-2/b2-1+;;. The summed E-state index contributed by atoms with van der Waals surface area (Å²) in [5, 5.41) is 18.8. The van der Waals surface area contributed by atoms with Gasteiger partial charge >= 0.3 is 59.1 Å². The average Bonchev–Trinajstić information content (AvgIpc) is 1.63. The van der Waals surface area contributed by atoms with Crippen molar-refractivity contribution in [3.8, 4) is 0 Å². The number of aliphatic carboxylic acids is 2. The first kappa shape index (κ1) is 17.6. The predicted octanol–water partition coefficient (Wildman–Crippen LogP) is -8.65. The zero-order chi connectivity index (χ0) is 7.44. The Morgan fingerprint density at radius 3 is 1.64 bits per heavy atom. The molecule has 0 aliphatic carbocycles. The Kier molecular flexibility index (Phi) is 14.0. The van der Waals surface area contributed by atoms with Crippen LogP contribution in [0.1, 0.15) is 0 Å². The van der Waals surface area contributed by atoms with Gasteiger partial charge in [0.25, 0.3) is 0 Å². The van der Waals surface area contributed by atoms with Gasteiger partial charge in [0.1, 0.15) is 11.8 Å². The van der Waals surface area contributed by atoms with Crippen LogP contribution in [-0.4, -0.2) is 11.9 Å². The van der Waals surface area contributed by atoms with Crippen LogP contribution in [0.5, 0.6) is 0 Å². The molecule has 0 heterocycles. The molecular weight excluding hydrogens is 177 g/mol. The number of carbonyl (C=O) groups excluding carboxylic acids is 2. The van der Waals surface area contributed by atoms with E-state index in [4.69, 9.17) is 0 Å². The van der Waals surface area contributed by atoms with Gasteiger partial charge in [-0.15, -0.1) is 0 Å². The Morgan fingerprint density at radius 2 is 1.55 bits per heavy atom. The molecule has 0 N–H and O–H groups in total. The van der Waals surface area contributed by atoms with Gasteiger partial charge in [0.15, 0.2) is 0 Å². The van der Waals surface area contributed by atoms with E-state index in [1.54, 1.807) is 0 Å². The quantitative estimate of drug-likeness (QED) is 0.310. The minimum atomic E-state index is -2.17. The number of halogens is 1. The number of carboxylic acid groups (broad SMARTS) is 2. The van der Waals surface area contributed by atoms with Crippen molar-refractivity contribution in [2.24, 2.45) is 0 Å². The van der Waals surface area contributed by atoms with E-state index in [0.29, 0.717) is 0 Å². The predicted molar refractivity (Wildman–Crippen MR) is 19.2 cm³/mol. The maximum Gasteiger partial charge on any atom is 1.00 e. The number of hydrogen-bond acceptors (Lipinski definition) is 4. The summed E-state index contributed by atoms with van der Waals surface area (Å²) in [6.07, 6.45) is -0.199. The number of carboxylic acids is 2. The van der Waals surface area contributed by atoms with Crippen LogP contribution < -0.4 is 69.3 Å². The van der Waals surface area contributed by atoms with E-state index in [2.05, 4.69) is 0 Å². The maximum atomic E-state index is 11.6. The molecule has 11 heavy (non-hydrogen) atoms. The van der Waals surface area contributed by atoms with Gasteiger partial charge in [-0.25, -0.2) is 4.39 Å². The third kappa shape index (κ3) is 10.6. The van der Waals surface area contributed by atoms with E-state index >= 15 is 0 Å². The maximum absolute atomic E-state index is 11.6. The van der Waals surface area contributed by atoms with Gasteiger partial charge < -0.3 is 19.8 Å². The van der Waals surface area contributed by atoms with Gasteiger partial charge in [0.2, 0.25) is 0 Å². The Hall–Kier alpha value is 0.610. The number of hydrogen-bond donors (Lipinski definition) is 0. The van der Waals surface area contributed by atoms with Crippen molar-refractivity contribution in [3.63, 3.8) is 0 Å². The number of carbonyl (C=O) groups is 2. The smallest absolute Gasteiger partial charge is 0.545 e.